The number of para-hydroxylation sites is 1. The van der Waals surface area contributed by atoms with Gasteiger partial charge >= 0.3 is 5.97 Å². The first kappa shape index (κ1) is 27.2. The predicted octanol–water partition coefficient (Wildman–Crippen LogP) is 7.24. The average Bonchev–Trinajstić information content (AvgIpc) is 3.12. The highest BCUT2D eigenvalue weighted by Crippen LogP contribution is 2.55. The fourth-order valence-electron chi connectivity index (χ4n) is 5.54. The zero-order chi connectivity index (χ0) is 27.3. The molecular weight excluding hydrogens is 477 g/mol. The maximum atomic E-state index is 16.2. The maximum Gasteiger partial charge on any atom is 0.331 e. The molecule has 1 aromatic heterocycles. The summed E-state index contributed by atoms with van der Waals surface area (Å²) in [5.41, 5.74) is -0.982. The van der Waals surface area contributed by atoms with Crippen LogP contribution < -0.4 is 0 Å². The van der Waals surface area contributed by atoms with Crippen molar-refractivity contribution in [3.63, 3.8) is 0 Å². The minimum absolute atomic E-state index is 0.0261. The van der Waals surface area contributed by atoms with E-state index in [0.29, 0.717) is 6.42 Å². The van der Waals surface area contributed by atoms with Crippen LogP contribution >= 0.6 is 0 Å². The Morgan fingerprint density at radius 1 is 1.24 bits per heavy atom. The van der Waals surface area contributed by atoms with Crippen LogP contribution in [0.1, 0.15) is 65.8 Å². The summed E-state index contributed by atoms with van der Waals surface area (Å²) in [6, 6.07) is 6.90. The highest BCUT2D eigenvalue weighted by molar-refractivity contribution is 5.85. The lowest BCUT2D eigenvalue weighted by Crippen LogP contribution is -2.54. The van der Waals surface area contributed by atoms with Gasteiger partial charge in [0.15, 0.2) is 0 Å². The standard InChI is InChI=1S/C30H37F3N2O2/c1-18-14-21-20-10-8-9-11-22(20)34-26(21)27(35(18)17-29(5,6)33)30(7)23(31)15-19(16-24(30)32)12-13-25(36)37-28(2,3)4/h8-13,15-16,18,23,27,34H,14,17H2,1-7H3/b13-12+/t18-,23?,27+,30?/m1/s1. The number of hydrogen-bond acceptors (Lipinski definition) is 3. The normalized spacial score (nSPS) is 27.2. The van der Waals surface area contributed by atoms with E-state index >= 15 is 13.2 Å². The number of aromatic amines is 1. The third-order valence-electron chi connectivity index (χ3n) is 7.18. The zero-order valence-electron chi connectivity index (χ0n) is 22.7. The van der Waals surface area contributed by atoms with Gasteiger partial charge in [-0.15, -0.1) is 0 Å². The Morgan fingerprint density at radius 3 is 2.54 bits per heavy atom. The molecule has 2 unspecified atom stereocenters. The lowest BCUT2D eigenvalue weighted by atomic mass is 9.68. The summed E-state index contributed by atoms with van der Waals surface area (Å²) in [6.45, 7) is 11.8. The fraction of sp³-hybridized carbons (Fsp3) is 0.500. The topological polar surface area (TPSA) is 45.3 Å². The molecular formula is C30H37F3N2O2. The van der Waals surface area contributed by atoms with E-state index in [1.807, 2.05) is 36.1 Å². The second kappa shape index (κ2) is 9.50. The van der Waals surface area contributed by atoms with Gasteiger partial charge in [-0.3, -0.25) is 4.90 Å². The lowest BCUT2D eigenvalue weighted by Gasteiger charge is -2.51. The number of H-pyrrole nitrogens is 1. The second-order valence-corrected chi connectivity index (χ2v) is 12.1. The highest BCUT2D eigenvalue weighted by atomic mass is 19.1. The van der Waals surface area contributed by atoms with E-state index in [2.05, 4.69) is 4.98 Å². The Labute approximate surface area is 217 Å². The minimum Gasteiger partial charge on any atom is -0.457 e. The van der Waals surface area contributed by atoms with Gasteiger partial charge in [-0.25, -0.2) is 18.0 Å². The van der Waals surface area contributed by atoms with E-state index in [9.17, 15) is 4.79 Å². The number of fused-ring (bicyclic) bond motifs is 3. The van der Waals surface area contributed by atoms with Crippen LogP contribution in [0.5, 0.6) is 0 Å². The first-order chi connectivity index (χ1) is 17.1. The van der Waals surface area contributed by atoms with Crippen LogP contribution in [0.3, 0.4) is 0 Å². The average molecular weight is 515 g/mol. The third-order valence-corrected chi connectivity index (χ3v) is 7.18. The van der Waals surface area contributed by atoms with Crippen molar-refractivity contribution in [3.8, 4) is 0 Å². The zero-order valence-corrected chi connectivity index (χ0v) is 22.7. The molecule has 0 amide bonds. The molecule has 2 aromatic rings. The van der Waals surface area contributed by atoms with Gasteiger partial charge in [-0.1, -0.05) is 18.2 Å². The van der Waals surface area contributed by atoms with E-state index in [4.69, 9.17) is 4.74 Å². The van der Waals surface area contributed by atoms with Crippen molar-refractivity contribution in [2.75, 3.05) is 6.54 Å². The van der Waals surface area contributed by atoms with Crippen LogP contribution in [0.2, 0.25) is 0 Å². The number of esters is 1. The molecule has 1 N–H and O–H groups in total. The van der Waals surface area contributed by atoms with Gasteiger partial charge in [0.1, 0.15) is 23.3 Å². The van der Waals surface area contributed by atoms with Gasteiger partial charge in [0, 0.05) is 35.3 Å². The summed E-state index contributed by atoms with van der Waals surface area (Å²) in [5.74, 6) is -1.25. The molecule has 4 nitrogen and oxygen atoms in total. The Bertz CT molecular complexity index is 1280. The molecule has 0 spiro atoms. The quantitative estimate of drug-likeness (QED) is 0.338. The number of benzene rings is 1. The van der Waals surface area contributed by atoms with Gasteiger partial charge < -0.3 is 9.72 Å². The molecule has 2 heterocycles. The number of alkyl halides is 2. The highest BCUT2D eigenvalue weighted by Gasteiger charge is 2.54. The van der Waals surface area contributed by atoms with Crippen molar-refractivity contribution in [2.45, 2.75) is 84.4 Å². The van der Waals surface area contributed by atoms with E-state index in [0.717, 1.165) is 22.2 Å². The summed E-state index contributed by atoms with van der Waals surface area (Å²) in [7, 11) is 0. The number of allylic oxidation sites excluding steroid dienone is 4. The van der Waals surface area contributed by atoms with Crippen LogP contribution in [-0.2, 0) is 16.0 Å². The molecule has 7 heteroatoms. The van der Waals surface area contributed by atoms with Crippen LogP contribution in [0.4, 0.5) is 13.2 Å². The Kier molecular flexibility index (Phi) is 6.99. The second-order valence-electron chi connectivity index (χ2n) is 12.1. The van der Waals surface area contributed by atoms with E-state index < -0.39 is 40.7 Å². The van der Waals surface area contributed by atoms with Crippen molar-refractivity contribution >= 4 is 16.9 Å². The molecule has 2 aliphatic rings. The summed E-state index contributed by atoms with van der Waals surface area (Å²) in [4.78, 5) is 17.4. The maximum absolute atomic E-state index is 16.2. The van der Waals surface area contributed by atoms with Gasteiger partial charge in [0.2, 0.25) is 0 Å². The van der Waals surface area contributed by atoms with Crippen LogP contribution in [0, 0.1) is 5.41 Å². The van der Waals surface area contributed by atoms with Crippen LogP contribution in [0.15, 0.2) is 60.0 Å². The van der Waals surface area contributed by atoms with E-state index in [1.165, 1.54) is 38.2 Å². The predicted molar refractivity (Wildman–Crippen MR) is 141 cm³/mol. The molecule has 1 aliphatic carbocycles. The molecule has 200 valence electrons. The molecule has 1 aliphatic heterocycles. The van der Waals surface area contributed by atoms with Gasteiger partial charge in [-0.2, -0.15) is 0 Å². The van der Waals surface area contributed by atoms with Crippen molar-refractivity contribution in [2.24, 2.45) is 5.41 Å². The molecule has 37 heavy (non-hydrogen) atoms. The summed E-state index contributed by atoms with van der Waals surface area (Å²) < 4.78 is 52.5. The smallest absolute Gasteiger partial charge is 0.331 e. The van der Waals surface area contributed by atoms with E-state index in [-0.39, 0.29) is 18.2 Å². The number of hydrogen-bond donors (Lipinski definition) is 1. The number of nitrogens with zero attached hydrogens (tertiary/aromatic N) is 1. The van der Waals surface area contributed by atoms with Gasteiger partial charge in [-0.05, 0) is 90.3 Å². The number of nitrogens with one attached hydrogen (secondary N) is 1. The Hall–Kier alpha value is -2.80. The molecule has 0 saturated heterocycles. The van der Waals surface area contributed by atoms with Crippen molar-refractivity contribution in [3.05, 3.63) is 71.2 Å². The minimum atomic E-state index is -1.73. The Morgan fingerprint density at radius 2 is 1.92 bits per heavy atom. The summed E-state index contributed by atoms with van der Waals surface area (Å²) in [6.07, 6.45) is 4.04. The van der Waals surface area contributed by atoms with Crippen LogP contribution in [0.25, 0.3) is 10.9 Å². The number of ether oxygens (including phenoxy) is 1. The molecule has 0 radical (unpaired) electrons. The molecule has 4 atom stereocenters. The number of halogens is 3. The molecule has 0 fully saturated rings. The van der Waals surface area contributed by atoms with Crippen molar-refractivity contribution in [1.29, 1.82) is 0 Å². The largest absolute Gasteiger partial charge is 0.457 e. The van der Waals surface area contributed by atoms with E-state index in [1.54, 1.807) is 27.7 Å². The first-order valence-corrected chi connectivity index (χ1v) is 12.8. The van der Waals surface area contributed by atoms with Gasteiger partial charge in [0.25, 0.3) is 0 Å². The lowest BCUT2D eigenvalue weighted by molar-refractivity contribution is -0.148. The molecule has 0 bridgehead atoms. The number of carbonyl (C=O) groups is 1. The monoisotopic (exact) mass is 514 g/mol. The van der Waals surface area contributed by atoms with Crippen molar-refractivity contribution in [1.82, 2.24) is 9.88 Å². The third kappa shape index (κ3) is 5.42. The number of rotatable bonds is 5. The van der Waals surface area contributed by atoms with Crippen molar-refractivity contribution < 1.29 is 22.7 Å². The summed E-state index contributed by atoms with van der Waals surface area (Å²) in [5, 5.41) is 1.02. The van der Waals surface area contributed by atoms with Gasteiger partial charge in [0.05, 0.1) is 11.5 Å². The summed E-state index contributed by atoms with van der Waals surface area (Å²) >= 11 is 0. The number of aromatic nitrogens is 1. The molecule has 0 saturated carbocycles. The molecule has 4 rings (SSSR count). The Balaban J connectivity index is 1.77. The SMILES string of the molecule is C[C@@H]1Cc2c([nH]c3ccccc23)[C@@H](C2(C)C(F)=CC(/C=C/C(=O)OC(C)(C)C)=CC2F)N1CC(C)(C)F. The number of carbonyl (C=O) groups excluding carboxylic acids is 1. The van der Waals surface area contributed by atoms with Crippen LogP contribution in [-0.4, -0.2) is 45.9 Å². The first-order valence-electron chi connectivity index (χ1n) is 12.8. The molecule has 1 aromatic carbocycles. The fourth-order valence-corrected chi connectivity index (χ4v) is 5.54.